The Hall–Kier alpha value is -1.92. The van der Waals surface area contributed by atoms with E-state index in [4.69, 9.17) is 16.9 Å². The molecule has 0 amide bonds. The predicted molar refractivity (Wildman–Crippen MR) is 61.9 cm³/mol. The lowest BCUT2D eigenvalue weighted by Crippen LogP contribution is -1.94. The summed E-state index contributed by atoms with van der Waals surface area (Å²) in [7, 11) is 0. The molecule has 0 bridgehead atoms. The number of hydrogen-bond acceptors (Lipinski definition) is 3. The summed E-state index contributed by atoms with van der Waals surface area (Å²) in [6.45, 7) is 1.84. The topological polar surface area (TPSA) is 49.6 Å². The van der Waals surface area contributed by atoms with Crippen LogP contribution >= 0.6 is 11.6 Å². The summed E-state index contributed by atoms with van der Waals surface area (Å²) in [5.41, 5.74) is 2.00. The molecule has 0 aliphatic heterocycles. The SMILES string of the molecule is Cc1cc(C#N)nc(-c2ccc(Cl)cc2)n1. The first-order chi connectivity index (χ1) is 7.69. The monoisotopic (exact) mass is 229 g/mol. The van der Waals surface area contributed by atoms with E-state index in [0.29, 0.717) is 16.5 Å². The predicted octanol–water partition coefficient (Wildman–Crippen LogP) is 2.98. The van der Waals surface area contributed by atoms with Crippen LogP contribution in [0.5, 0.6) is 0 Å². The number of nitriles is 1. The minimum atomic E-state index is 0.373. The van der Waals surface area contributed by atoms with Gasteiger partial charge in [0.25, 0.3) is 0 Å². The van der Waals surface area contributed by atoms with E-state index in [1.807, 2.05) is 25.1 Å². The maximum Gasteiger partial charge on any atom is 0.160 e. The van der Waals surface area contributed by atoms with Gasteiger partial charge in [0.05, 0.1) is 0 Å². The first kappa shape index (κ1) is 10.6. The van der Waals surface area contributed by atoms with Gasteiger partial charge < -0.3 is 0 Å². The molecular formula is C12H8ClN3. The summed E-state index contributed by atoms with van der Waals surface area (Å²) in [6.07, 6.45) is 0. The number of rotatable bonds is 1. The fourth-order valence-electron chi connectivity index (χ4n) is 1.35. The lowest BCUT2D eigenvalue weighted by molar-refractivity contribution is 1.09. The lowest BCUT2D eigenvalue weighted by atomic mass is 10.2. The summed E-state index contributed by atoms with van der Waals surface area (Å²) in [5.74, 6) is 0.549. The molecule has 1 aromatic heterocycles. The maximum absolute atomic E-state index is 8.82. The van der Waals surface area contributed by atoms with E-state index in [0.717, 1.165) is 11.3 Å². The molecule has 2 aromatic rings. The van der Waals surface area contributed by atoms with Gasteiger partial charge in [-0.25, -0.2) is 9.97 Å². The van der Waals surface area contributed by atoms with Crippen LogP contribution < -0.4 is 0 Å². The normalized spacial score (nSPS) is 9.81. The number of aromatic nitrogens is 2. The van der Waals surface area contributed by atoms with Crippen molar-refractivity contribution in [3.63, 3.8) is 0 Å². The van der Waals surface area contributed by atoms with Crippen LogP contribution in [0.4, 0.5) is 0 Å². The third-order valence-corrected chi connectivity index (χ3v) is 2.32. The number of nitrogens with zero attached hydrogens (tertiary/aromatic N) is 3. The molecule has 0 aliphatic carbocycles. The minimum absolute atomic E-state index is 0.373. The van der Waals surface area contributed by atoms with Gasteiger partial charge in [-0.15, -0.1) is 0 Å². The Balaban J connectivity index is 2.52. The molecule has 2 rings (SSSR count). The van der Waals surface area contributed by atoms with E-state index >= 15 is 0 Å². The second-order valence-electron chi connectivity index (χ2n) is 3.34. The van der Waals surface area contributed by atoms with Crippen molar-refractivity contribution < 1.29 is 0 Å². The second-order valence-corrected chi connectivity index (χ2v) is 3.77. The van der Waals surface area contributed by atoms with Crippen LogP contribution in [-0.2, 0) is 0 Å². The fraction of sp³-hybridized carbons (Fsp3) is 0.0833. The largest absolute Gasteiger partial charge is 0.233 e. The van der Waals surface area contributed by atoms with Crippen LogP contribution in [0.3, 0.4) is 0 Å². The van der Waals surface area contributed by atoms with E-state index in [2.05, 4.69) is 9.97 Å². The average Bonchev–Trinajstić information content (AvgIpc) is 2.29. The Morgan fingerprint density at radius 1 is 1.19 bits per heavy atom. The van der Waals surface area contributed by atoms with Crippen molar-refractivity contribution in [2.75, 3.05) is 0 Å². The van der Waals surface area contributed by atoms with Crippen LogP contribution in [0.25, 0.3) is 11.4 Å². The number of halogens is 1. The first-order valence-electron chi connectivity index (χ1n) is 4.71. The van der Waals surface area contributed by atoms with Gasteiger partial charge in [0.1, 0.15) is 11.8 Å². The van der Waals surface area contributed by atoms with Gasteiger partial charge in [0, 0.05) is 16.3 Å². The van der Waals surface area contributed by atoms with Gasteiger partial charge in [-0.1, -0.05) is 11.6 Å². The van der Waals surface area contributed by atoms with Gasteiger partial charge in [-0.05, 0) is 37.3 Å². The summed E-state index contributed by atoms with van der Waals surface area (Å²) >= 11 is 5.80. The third-order valence-electron chi connectivity index (χ3n) is 2.07. The highest BCUT2D eigenvalue weighted by molar-refractivity contribution is 6.30. The average molecular weight is 230 g/mol. The maximum atomic E-state index is 8.82. The lowest BCUT2D eigenvalue weighted by Gasteiger charge is -2.02. The smallest absolute Gasteiger partial charge is 0.160 e. The molecule has 0 fully saturated rings. The first-order valence-corrected chi connectivity index (χ1v) is 5.08. The summed E-state index contributed by atoms with van der Waals surface area (Å²) < 4.78 is 0. The molecule has 0 radical (unpaired) electrons. The summed E-state index contributed by atoms with van der Waals surface area (Å²) in [6, 6.07) is 10.9. The van der Waals surface area contributed by atoms with Crippen molar-refractivity contribution in [1.29, 1.82) is 5.26 Å². The highest BCUT2D eigenvalue weighted by Crippen LogP contribution is 2.18. The van der Waals surface area contributed by atoms with Crippen LogP contribution in [0.1, 0.15) is 11.4 Å². The van der Waals surface area contributed by atoms with Crippen molar-refractivity contribution in [1.82, 2.24) is 9.97 Å². The van der Waals surface area contributed by atoms with Crippen molar-refractivity contribution in [3.8, 4) is 17.5 Å². The Bertz CT molecular complexity index is 555. The molecule has 0 saturated heterocycles. The van der Waals surface area contributed by atoms with Crippen molar-refractivity contribution in [3.05, 3.63) is 46.7 Å². The molecule has 0 unspecified atom stereocenters. The zero-order chi connectivity index (χ0) is 11.5. The molecule has 4 heteroatoms. The molecule has 1 aromatic carbocycles. The van der Waals surface area contributed by atoms with E-state index in [9.17, 15) is 0 Å². The molecule has 1 heterocycles. The Labute approximate surface area is 98.4 Å². The molecule has 0 N–H and O–H groups in total. The number of hydrogen-bond donors (Lipinski definition) is 0. The molecule has 0 aliphatic rings. The van der Waals surface area contributed by atoms with E-state index in [1.165, 1.54) is 0 Å². The van der Waals surface area contributed by atoms with E-state index in [1.54, 1.807) is 18.2 Å². The molecule has 0 spiro atoms. The van der Waals surface area contributed by atoms with Gasteiger partial charge in [0.15, 0.2) is 5.82 Å². The summed E-state index contributed by atoms with van der Waals surface area (Å²) in [5, 5.41) is 9.48. The van der Waals surface area contributed by atoms with Crippen LogP contribution in [0.15, 0.2) is 30.3 Å². The van der Waals surface area contributed by atoms with Crippen LogP contribution in [0, 0.1) is 18.3 Å². The van der Waals surface area contributed by atoms with Gasteiger partial charge in [-0.2, -0.15) is 5.26 Å². The molecule has 3 nitrogen and oxygen atoms in total. The Morgan fingerprint density at radius 3 is 2.50 bits per heavy atom. The van der Waals surface area contributed by atoms with E-state index in [-0.39, 0.29) is 0 Å². The zero-order valence-corrected chi connectivity index (χ0v) is 9.36. The Morgan fingerprint density at radius 2 is 1.88 bits per heavy atom. The highest BCUT2D eigenvalue weighted by Gasteiger charge is 2.04. The molecular weight excluding hydrogens is 222 g/mol. The van der Waals surface area contributed by atoms with Crippen LogP contribution in [-0.4, -0.2) is 9.97 Å². The fourth-order valence-corrected chi connectivity index (χ4v) is 1.48. The van der Waals surface area contributed by atoms with Gasteiger partial charge >= 0.3 is 0 Å². The van der Waals surface area contributed by atoms with Crippen molar-refractivity contribution in [2.24, 2.45) is 0 Å². The highest BCUT2D eigenvalue weighted by atomic mass is 35.5. The zero-order valence-electron chi connectivity index (χ0n) is 8.61. The molecule has 16 heavy (non-hydrogen) atoms. The van der Waals surface area contributed by atoms with Crippen molar-refractivity contribution in [2.45, 2.75) is 6.92 Å². The quantitative estimate of drug-likeness (QED) is 0.755. The van der Waals surface area contributed by atoms with Crippen LogP contribution in [0.2, 0.25) is 5.02 Å². The molecule has 0 atom stereocenters. The molecule has 0 saturated carbocycles. The van der Waals surface area contributed by atoms with Gasteiger partial charge in [-0.3, -0.25) is 0 Å². The van der Waals surface area contributed by atoms with Crippen molar-refractivity contribution >= 4 is 11.6 Å². The number of benzene rings is 1. The summed E-state index contributed by atoms with van der Waals surface area (Å²) in [4.78, 5) is 8.41. The molecule has 78 valence electrons. The minimum Gasteiger partial charge on any atom is -0.233 e. The van der Waals surface area contributed by atoms with Gasteiger partial charge in [0.2, 0.25) is 0 Å². The third kappa shape index (κ3) is 2.18. The standard InChI is InChI=1S/C12H8ClN3/c1-8-6-11(7-14)16-12(15-8)9-2-4-10(13)5-3-9/h2-6H,1H3. The van der Waals surface area contributed by atoms with E-state index < -0.39 is 0 Å². The Kier molecular flexibility index (Phi) is 2.84. The number of aryl methyl sites for hydroxylation is 1. The second kappa shape index (κ2) is 4.30.